The Morgan fingerprint density at radius 3 is 2.83 bits per heavy atom. The minimum Gasteiger partial charge on any atom is -0.508 e. The first-order valence-electron chi connectivity index (χ1n) is 12.1. The minimum atomic E-state index is -0.290. The van der Waals surface area contributed by atoms with Crippen molar-refractivity contribution in [3.8, 4) is 11.5 Å². The average molecular weight is 496 g/mol. The lowest BCUT2D eigenvalue weighted by Gasteiger charge is -2.16. The number of aliphatic imine (C=N–C) groups is 1. The fourth-order valence-corrected chi connectivity index (χ4v) is 4.75. The molecule has 0 amide bonds. The van der Waals surface area contributed by atoms with E-state index in [2.05, 4.69) is 28.2 Å². The molecule has 0 spiro atoms. The van der Waals surface area contributed by atoms with Gasteiger partial charge in [0.15, 0.2) is 5.96 Å². The predicted octanol–water partition coefficient (Wildman–Crippen LogP) is 4.58. The van der Waals surface area contributed by atoms with Crippen LogP contribution in [0.3, 0.4) is 0 Å². The highest BCUT2D eigenvalue weighted by Gasteiger charge is 2.20. The van der Waals surface area contributed by atoms with Crippen molar-refractivity contribution in [1.82, 2.24) is 4.90 Å². The maximum absolute atomic E-state index is 9.90. The molecule has 6 N–H and O–H groups in total. The summed E-state index contributed by atoms with van der Waals surface area (Å²) in [5, 5.41) is 13.6. The smallest absolute Gasteiger partial charge is 0.193 e. The van der Waals surface area contributed by atoms with E-state index in [-0.39, 0.29) is 23.7 Å². The van der Waals surface area contributed by atoms with Crippen LogP contribution in [-0.4, -0.2) is 48.2 Å². The summed E-state index contributed by atoms with van der Waals surface area (Å²) in [5.74, 6) is 1.40. The second-order valence-electron chi connectivity index (χ2n) is 9.22. The molecule has 1 heterocycles. The number of hydrogen-bond donors (Lipinski definition) is 4. The molecule has 0 saturated carbocycles. The molecule has 1 aliphatic carbocycles. The van der Waals surface area contributed by atoms with Gasteiger partial charge in [0.2, 0.25) is 0 Å². The van der Waals surface area contributed by atoms with Crippen molar-refractivity contribution in [1.29, 1.82) is 0 Å². The number of rotatable bonds is 7. The van der Waals surface area contributed by atoms with Gasteiger partial charge in [0, 0.05) is 34.6 Å². The number of halogens is 1. The van der Waals surface area contributed by atoms with Crippen molar-refractivity contribution in [2.75, 3.05) is 31.6 Å². The number of nitrogens with two attached hydrogens (primary N) is 2. The highest BCUT2D eigenvalue weighted by atomic mass is 35.5. The average Bonchev–Trinajstić information content (AvgIpc) is 3.29. The largest absolute Gasteiger partial charge is 0.508 e. The number of ether oxygens (including phenoxy) is 1. The Kier molecular flexibility index (Phi) is 8.21. The van der Waals surface area contributed by atoms with Crippen LogP contribution in [-0.2, 0) is 0 Å². The molecule has 1 fully saturated rings. The van der Waals surface area contributed by atoms with E-state index in [1.54, 1.807) is 18.2 Å². The molecule has 2 aromatic rings. The lowest BCUT2D eigenvalue weighted by atomic mass is 9.99. The standard InChI is InChI=1S/C27H34ClN5O2/c1-18-13-19(23-17-21(34)7-8-24(23)28)15-25(29)26(14-18)32-27(30)31-20-5-4-6-22(16-20)35-12-11-33-9-2-3-10-33/h4-8,13,15-18,26,34H,2-3,9-12,14,29H2,1H3,(H3,30,31,32). The van der Waals surface area contributed by atoms with Crippen LogP contribution >= 0.6 is 11.6 Å². The summed E-state index contributed by atoms with van der Waals surface area (Å²) < 4.78 is 5.93. The third-order valence-electron chi connectivity index (χ3n) is 6.30. The third kappa shape index (κ3) is 6.93. The van der Waals surface area contributed by atoms with Gasteiger partial charge in [0.25, 0.3) is 0 Å². The van der Waals surface area contributed by atoms with Crippen LogP contribution < -0.4 is 21.5 Å². The molecule has 2 aliphatic rings. The molecule has 1 aliphatic heterocycles. The normalized spacial score (nSPS) is 21.3. The fraction of sp³-hybridized carbons (Fsp3) is 0.370. The number of nitrogens with one attached hydrogen (secondary N) is 1. The van der Waals surface area contributed by atoms with Gasteiger partial charge < -0.3 is 26.6 Å². The number of allylic oxidation sites excluding steroid dienone is 3. The van der Waals surface area contributed by atoms with Gasteiger partial charge in [0.05, 0.1) is 6.04 Å². The van der Waals surface area contributed by atoms with Gasteiger partial charge in [-0.3, -0.25) is 4.90 Å². The Morgan fingerprint density at radius 2 is 2.03 bits per heavy atom. The SMILES string of the molecule is CC1C=C(c2cc(O)ccc2Cl)C=C(N)C(N=C(N)Nc2cccc(OCCN3CCCC3)c2)C1. The fourth-order valence-electron chi connectivity index (χ4n) is 4.53. The number of likely N-dealkylation sites (tertiary alicyclic amines) is 1. The van der Waals surface area contributed by atoms with Crippen LogP contribution in [0.15, 0.2) is 65.3 Å². The number of benzene rings is 2. The van der Waals surface area contributed by atoms with Crippen LogP contribution in [0.25, 0.3) is 5.57 Å². The van der Waals surface area contributed by atoms with Crippen molar-refractivity contribution in [3.63, 3.8) is 0 Å². The Balaban J connectivity index is 1.41. The second-order valence-corrected chi connectivity index (χ2v) is 9.63. The van der Waals surface area contributed by atoms with Gasteiger partial charge in [-0.15, -0.1) is 0 Å². The molecule has 1 saturated heterocycles. The van der Waals surface area contributed by atoms with E-state index >= 15 is 0 Å². The van der Waals surface area contributed by atoms with Crippen molar-refractivity contribution >= 4 is 28.8 Å². The zero-order valence-corrected chi connectivity index (χ0v) is 20.8. The van der Waals surface area contributed by atoms with Crippen LogP contribution in [0.1, 0.15) is 31.7 Å². The highest BCUT2D eigenvalue weighted by Crippen LogP contribution is 2.33. The summed E-state index contributed by atoms with van der Waals surface area (Å²) in [6, 6.07) is 12.3. The quantitative estimate of drug-likeness (QED) is 0.330. The van der Waals surface area contributed by atoms with Crippen molar-refractivity contribution in [3.05, 3.63) is 70.9 Å². The van der Waals surface area contributed by atoms with Crippen molar-refractivity contribution in [2.45, 2.75) is 32.2 Å². The van der Waals surface area contributed by atoms with E-state index in [4.69, 9.17) is 27.8 Å². The molecule has 2 aromatic carbocycles. The first-order valence-corrected chi connectivity index (χ1v) is 12.5. The molecule has 2 unspecified atom stereocenters. The van der Waals surface area contributed by atoms with Crippen LogP contribution in [0.4, 0.5) is 5.69 Å². The topological polar surface area (TPSA) is 109 Å². The van der Waals surface area contributed by atoms with E-state index < -0.39 is 0 Å². The number of phenolic OH excluding ortho intramolecular Hbond substituents is 1. The summed E-state index contributed by atoms with van der Waals surface area (Å²) in [5.41, 5.74) is 15.7. The van der Waals surface area contributed by atoms with Crippen LogP contribution in [0.5, 0.6) is 11.5 Å². The molecule has 0 bridgehead atoms. The molecule has 35 heavy (non-hydrogen) atoms. The first-order chi connectivity index (χ1) is 16.9. The number of hydrogen-bond acceptors (Lipinski definition) is 5. The minimum absolute atomic E-state index is 0.152. The Labute approximate surface area is 212 Å². The maximum Gasteiger partial charge on any atom is 0.193 e. The molecule has 7 nitrogen and oxygen atoms in total. The molecule has 186 valence electrons. The van der Waals surface area contributed by atoms with Crippen LogP contribution in [0.2, 0.25) is 5.02 Å². The first kappa shape index (κ1) is 24.9. The van der Waals surface area contributed by atoms with Crippen LogP contribution in [0, 0.1) is 5.92 Å². The van der Waals surface area contributed by atoms with Gasteiger partial charge in [-0.1, -0.05) is 30.7 Å². The second kappa shape index (κ2) is 11.5. The number of anilines is 1. The predicted molar refractivity (Wildman–Crippen MR) is 144 cm³/mol. The van der Waals surface area contributed by atoms with Gasteiger partial charge in [-0.25, -0.2) is 4.99 Å². The Hall–Kier alpha value is -3.16. The van der Waals surface area contributed by atoms with E-state index in [9.17, 15) is 5.11 Å². The number of phenols is 1. The monoisotopic (exact) mass is 495 g/mol. The molecule has 2 atom stereocenters. The van der Waals surface area contributed by atoms with Crippen molar-refractivity contribution < 1.29 is 9.84 Å². The van der Waals surface area contributed by atoms with Gasteiger partial charge >= 0.3 is 0 Å². The molecule has 0 radical (unpaired) electrons. The van der Waals surface area contributed by atoms with E-state index in [0.717, 1.165) is 42.2 Å². The Bertz CT molecular complexity index is 1120. The highest BCUT2D eigenvalue weighted by molar-refractivity contribution is 6.32. The number of guanidine groups is 1. The van der Waals surface area contributed by atoms with Gasteiger partial charge in [-0.05, 0) is 80.3 Å². The summed E-state index contributed by atoms with van der Waals surface area (Å²) in [4.78, 5) is 7.09. The summed E-state index contributed by atoms with van der Waals surface area (Å²) in [7, 11) is 0. The molecule has 8 heteroatoms. The van der Waals surface area contributed by atoms with E-state index in [0.29, 0.717) is 23.7 Å². The van der Waals surface area contributed by atoms with E-state index in [1.807, 2.05) is 30.3 Å². The van der Waals surface area contributed by atoms with E-state index in [1.165, 1.54) is 12.8 Å². The summed E-state index contributed by atoms with van der Waals surface area (Å²) in [6.07, 6.45) is 7.21. The molecule has 4 rings (SSSR count). The number of nitrogens with zero attached hydrogens (tertiary/aromatic N) is 2. The molecular formula is C27H34ClN5O2. The summed E-state index contributed by atoms with van der Waals surface area (Å²) in [6.45, 7) is 6.02. The number of aromatic hydroxyl groups is 1. The Morgan fingerprint density at radius 1 is 1.23 bits per heavy atom. The van der Waals surface area contributed by atoms with Crippen molar-refractivity contribution in [2.24, 2.45) is 22.4 Å². The summed E-state index contributed by atoms with van der Waals surface area (Å²) >= 11 is 6.37. The third-order valence-corrected chi connectivity index (χ3v) is 6.63. The zero-order valence-electron chi connectivity index (χ0n) is 20.1. The molecule has 0 aromatic heterocycles. The molecular weight excluding hydrogens is 462 g/mol. The van der Waals surface area contributed by atoms with Gasteiger partial charge in [0.1, 0.15) is 18.1 Å². The zero-order chi connectivity index (χ0) is 24.8. The lowest BCUT2D eigenvalue weighted by Crippen LogP contribution is -2.28. The maximum atomic E-state index is 9.90. The lowest BCUT2D eigenvalue weighted by molar-refractivity contribution is 0.238. The van der Waals surface area contributed by atoms with Gasteiger partial charge in [-0.2, -0.15) is 0 Å².